The number of fused-ring (bicyclic) bond motifs is 4. The van der Waals surface area contributed by atoms with Crippen molar-refractivity contribution < 1.29 is 19.4 Å². The molecule has 7 heteroatoms. The van der Waals surface area contributed by atoms with E-state index in [4.69, 9.17) is 19.6 Å². The largest absolute Gasteiger partial charge is 0.479 e. The molecule has 0 saturated carbocycles. The van der Waals surface area contributed by atoms with Crippen LogP contribution < -0.4 is 9.47 Å². The summed E-state index contributed by atoms with van der Waals surface area (Å²) < 4.78 is 12.1. The summed E-state index contributed by atoms with van der Waals surface area (Å²) >= 11 is 3.31. The Balaban J connectivity index is 1.42. The lowest BCUT2D eigenvalue weighted by atomic mass is 10.1. The number of carboxylic acids is 1. The molecule has 178 valence electrons. The Hall–Kier alpha value is -3.81. The van der Waals surface area contributed by atoms with Crippen molar-refractivity contribution in [2.45, 2.75) is 11.2 Å². The van der Waals surface area contributed by atoms with Gasteiger partial charge in [0.1, 0.15) is 5.01 Å². The number of carboxylic acid groups (broad SMARTS) is 1. The zero-order chi connectivity index (χ0) is 24.5. The first-order valence-electron chi connectivity index (χ1n) is 11.5. The van der Waals surface area contributed by atoms with E-state index in [-0.39, 0.29) is 5.44 Å². The lowest BCUT2D eigenvalue weighted by Crippen LogP contribution is -2.14. The number of ether oxygens (including phenoxy) is 2. The molecule has 6 rings (SSSR count). The smallest absolute Gasteiger partial charge is 0.341 e. The molecule has 0 bridgehead atoms. The van der Waals surface area contributed by atoms with Crippen molar-refractivity contribution in [2.24, 2.45) is 0 Å². The third-order valence-corrected chi connectivity index (χ3v) is 8.35. The zero-order valence-corrected chi connectivity index (χ0v) is 20.7. The molecule has 36 heavy (non-hydrogen) atoms. The monoisotopic (exact) mass is 511 g/mol. The number of para-hydroxylation sites is 1. The highest BCUT2D eigenvalue weighted by Gasteiger charge is 2.33. The number of benzene rings is 4. The minimum absolute atomic E-state index is 0.297. The second kappa shape index (κ2) is 9.68. The molecule has 5 aromatic rings. The molecular weight excluding hydrogens is 490 g/mol. The first-order chi connectivity index (χ1) is 17.7. The quantitative estimate of drug-likeness (QED) is 0.245. The fraction of sp³-hybridized carbons (Fsp3) is 0.103. The van der Waals surface area contributed by atoms with Crippen molar-refractivity contribution in [1.82, 2.24) is 4.98 Å². The fourth-order valence-corrected chi connectivity index (χ4v) is 6.52. The minimum atomic E-state index is -1.04. The zero-order valence-electron chi connectivity index (χ0n) is 19.1. The Morgan fingerprint density at radius 3 is 2.61 bits per heavy atom. The van der Waals surface area contributed by atoms with Gasteiger partial charge in [-0.3, -0.25) is 0 Å². The van der Waals surface area contributed by atoms with Crippen molar-refractivity contribution in [3.8, 4) is 33.3 Å². The Kier molecular flexibility index (Phi) is 6.09. The highest BCUT2D eigenvalue weighted by atomic mass is 32.2. The molecular formula is C29H21NO4S2. The number of hydrogen-bond acceptors (Lipinski definition) is 6. The summed E-state index contributed by atoms with van der Waals surface area (Å²) in [6, 6.07) is 30.5. The number of aliphatic carboxylic acids is 1. The van der Waals surface area contributed by atoms with Crippen LogP contribution in [0.25, 0.3) is 32.6 Å². The molecule has 5 nitrogen and oxygen atoms in total. The van der Waals surface area contributed by atoms with Gasteiger partial charge in [0.25, 0.3) is 0 Å². The van der Waals surface area contributed by atoms with Crippen LogP contribution >= 0.6 is 23.1 Å². The lowest BCUT2D eigenvalue weighted by molar-refractivity contribution is -0.139. The van der Waals surface area contributed by atoms with Gasteiger partial charge in [0.2, 0.25) is 0 Å². The third-order valence-electron chi connectivity index (χ3n) is 5.92. The number of carbonyl (C=O) groups is 1. The molecule has 1 aliphatic rings. The Bertz CT molecular complexity index is 1560. The van der Waals surface area contributed by atoms with Crippen LogP contribution in [0.15, 0.2) is 91.0 Å². The third kappa shape index (κ3) is 4.43. The topological polar surface area (TPSA) is 68.7 Å². The van der Waals surface area contributed by atoms with Crippen molar-refractivity contribution in [2.75, 3.05) is 6.61 Å². The average molecular weight is 512 g/mol. The molecule has 4 aromatic carbocycles. The lowest BCUT2D eigenvalue weighted by Gasteiger charge is -2.26. The van der Waals surface area contributed by atoms with E-state index in [0.29, 0.717) is 11.5 Å². The highest BCUT2D eigenvalue weighted by molar-refractivity contribution is 7.98. The minimum Gasteiger partial charge on any atom is -0.479 e. The van der Waals surface area contributed by atoms with E-state index in [1.807, 2.05) is 42.5 Å². The van der Waals surface area contributed by atoms with Gasteiger partial charge < -0.3 is 14.6 Å². The van der Waals surface area contributed by atoms with Crippen LogP contribution in [0.2, 0.25) is 0 Å². The van der Waals surface area contributed by atoms with Gasteiger partial charge in [-0.25, -0.2) is 9.78 Å². The summed E-state index contributed by atoms with van der Waals surface area (Å²) in [7, 11) is 0. The Labute approximate surface area is 216 Å². The van der Waals surface area contributed by atoms with Crippen molar-refractivity contribution in [1.29, 1.82) is 0 Å². The van der Waals surface area contributed by atoms with E-state index >= 15 is 0 Å². The van der Waals surface area contributed by atoms with Crippen LogP contribution in [0.1, 0.15) is 15.9 Å². The number of nitrogens with zero attached hydrogens (tertiary/aromatic N) is 1. The molecule has 0 spiro atoms. The molecule has 0 radical (unpaired) electrons. The number of aromatic nitrogens is 1. The molecule has 1 N–H and O–H groups in total. The van der Waals surface area contributed by atoms with Crippen LogP contribution in [-0.4, -0.2) is 22.7 Å². The standard InChI is InChI=1S/C29H21NO4S2/c31-24(32)16-33-23-12-6-11-22-25-27(29(34-26(22)23)35-17-18-7-2-1-3-8-18)36-28(30-25)21-14-13-19-9-4-5-10-20(19)15-21/h1-15,29H,16-17H2,(H,31,32). The van der Waals surface area contributed by atoms with Crippen LogP contribution in [0, 0.1) is 0 Å². The van der Waals surface area contributed by atoms with E-state index in [2.05, 4.69) is 42.5 Å². The second-order valence-corrected chi connectivity index (χ2v) is 10.4. The average Bonchev–Trinajstić information content (AvgIpc) is 3.37. The Morgan fingerprint density at radius 1 is 0.972 bits per heavy atom. The maximum atomic E-state index is 11.1. The normalized spacial score (nSPS) is 14.1. The SMILES string of the molecule is O=C(O)COc1cccc2c1OC(SCc1ccccc1)c1sc(-c3ccc4ccccc4c3)nc1-2. The highest BCUT2D eigenvalue weighted by Crippen LogP contribution is 2.53. The summed E-state index contributed by atoms with van der Waals surface area (Å²) in [5, 5.41) is 12.4. The van der Waals surface area contributed by atoms with Crippen molar-refractivity contribution in [3.63, 3.8) is 0 Å². The number of thioether (sulfide) groups is 1. The summed E-state index contributed by atoms with van der Waals surface area (Å²) in [4.78, 5) is 17.2. The molecule has 2 heterocycles. The van der Waals surface area contributed by atoms with Gasteiger partial charge in [0.05, 0.1) is 10.6 Å². The fourth-order valence-electron chi connectivity index (χ4n) is 4.22. The van der Waals surface area contributed by atoms with E-state index < -0.39 is 12.6 Å². The van der Waals surface area contributed by atoms with E-state index in [1.54, 1.807) is 29.2 Å². The Morgan fingerprint density at radius 2 is 1.78 bits per heavy atom. The van der Waals surface area contributed by atoms with E-state index in [9.17, 15) is 4.79 Å². The van der Waals surface area contributed by atoms with Gasteiger partial charge in [0, 0.05) is 16.9 Å². The van der Waals surface area contributed by atoms with Gasteiger partial charge in [0.15, 0.2) is 23.5 Å². The van der Waals surface area contributed by atoms with Gasteiger partial charge in [-0.15, -0.1) is 23.1 Å². The molecule has 0 fully saturated rings. The molecule has 1 unspecified atom stereocenters. The van der Waals surface area contributed by atoms with Crippen LogP contribution in [-0.2, 0) is 10.5 Å². The molecule has 1 aromatic heterocycles. The van der Waals surface area contributed by atoms with Crippen LogP contribution in [0.3, 0.4) is 0 Å². The first kappa shape index (κ1) is 22.6. The van der Waals surface area contributed by atoms with Crippen LogP contribution in [0.4, 0.5) is 0 Å². The summed E-state index contributed by atoms with van der Waals surface area (Å²) in [5.74, 6) is 0.673. The van der Waals surface area contributed by atoms with Gasteiger partial charge in [-0.2, -0.15) is 0 Å². The molecule has 1 atom stereocenters. The molecule has 0 saturated heterocycles. The first-order valence-corrected chi connectivity index (χ1v) is 13.3. The second-order valence-electron chi connectivity index (χ2n) is 8.36. The summed E-state index contributed by atoms with van der Waals surface area (Å²) in [6.45, 7) is -0.437. The maximum Gasteiger partial charge on any atom is 0.341 e. The number of thiazole rings is 1. The summed E-state index contributed by atoms with van der Waals surface area (Å²) in [5.41, 5.74) is 3.63. The van der Waals surface area contributed by atoms with Gasteiger partial charge >= 0.3 is 5.97 Å². The van der Waals surface area contributed by atoms with Crippen molar-refractivity contribution >= 4 is 39.8 Å². The molecule has 1 aliphatic heterocycles. The van der Waals surface area contributed by atoms with Crippen molar-refractivity contribution in [3.05, 3.63) is 101 Å². The maximum absolute atomic E-state index is 11.1. The van der Waals surface area contributed by atoms with Crippen LogP contribution in [0.5, 0.6) is 11.5 Å². The molecule has 0 aliphatic carbocycles. The molecule has 0 amide bonds. The number of rotatable bonds is 7. The van der Waals surface area contributed by atoms with Gasteiger partial charge in [-0.05, 0) is 34.5 Å². The predicted molar refractivity (Wildman–Crippen MR) is 145 cm³/mol. The van der Waals surface area contributed by atoms with Gasteiger partial charge in [-0.1, -0.05) is 72.8 Å². The number of hydrogen-bond donors (Lipinski definition) is 1. The summed E-state index contributed by atoms with van der Waals surface area (Å²) in [6.07, 6.45) is 0. The van der Waals surface area contributed by atoms with E-state index in [0.717, 1.165) is 32.5 Å². The predicted octanol–water partition coefficient (Wildman–Crippen LogP) is 7.42. The van der Waals surface area contributed by atoms with E-state index in [1.165, 1.54) is 16.3 Å².